The molecule has 2 aromatic carbocycles. The van der Waals surface area contributed by atoms with Crippen molar-refractivity contribution in [1.82, 2.24) is 0 Å². The van der Waals surface area contributed by atoms with Crippen molar-refractivity contribution in [2.75, 3.05) is 11.9 Å². The van der Waals surface area contributed by atoms with Crippen LogP contribution in [0.1, 0.15) is 31.0 Å². The Morgan fingerprint density at radius 2 is 1.87 bits per heavy atom. The van der Waals surface area contributed by atoms with Gasteiger partial charge in [-0.15, -0.1) is 0 Å². The van der Waals surface area contributed by atoms with Crippen LogP contribution in [-0.2, 0) is 4.79 Å². The van der Waals surface area contributed by atoms with E-state index in [9.17, 15) is 4.79 Å². The van der Waals surface area contributed by atoms with Gasteiger partial charge in [-0.2, -0.15) is 0 Å². The standard InChI is InChI=1S/C19H23ClN2O/c1-13(2)19(15-7-5-4-6-8-15)21-12-18(23)22-17-11-16(20)10-9-14(17)3/h4-11,13,19,21H,12H2,1-3H3,(H,22,23)/p+1/t19-/m0/s1. The number of halogens is 1. The Bertz CT molecular complexity index is 656. The lowest BCUT2D eigenvalue weighted by atomic mass is 9.96. The van der Waals surface area contributed by atoms with Gasteiger partial charge in [0.15, 0.2) is 6.54 Å². The van der Waals surface area contributed by atoms with E-state index in [1.807, 2.05) is 37.3 Å². The summed E-state index contributed by atoms with van der Waals surface area (Å²) in [5.74, 6) is 0.426. The summed E-state index contributed by atoms with van der Waals surface area (Å²) in [7, 11) is 0. The van der Waals surface area contributed by atoms with Crippen LogP contribution in [0.5, 0.6) is 0 Å². The molecule has 23 heavy (non-hydrogen) atoms. The molecule has 0 saturated carbocycles. The van der Waals surface area contributed by atoms with Crippen LogP contribution in [0.4, 0.5) is 5.69 Å². The number of hydrogen-bond acceptors (Lipinski definition) is 1. The summed E-state index contributed by atoms with van der Waals surface area (Å²) in [6.45, 7) is 6.68. The van der Waals surface area contributed by atoms with Crippen molar-refractivity contribution >= 4 is 23.2 Å². The molecule has 0 aromatic heterocycles. The van der Waals surface area contributed by atoms with E-state index in [0.29, 0.717) is 17.5 Å². The smallest absolute Gasteiger partial charge is 0.279 e. The molecule has 0 aliphatic rings. The monoisotopic (exact) mass is 331 g/mol. The Labute approximate surface area is 143 Å². The second-order valence-corrected chi connectivity index (χ2v) is 6.56. The molecule has 0 heterocycles. The quantitative estimate of drug-likeness (QED) is 0.835. The molecule has 0 aliphatic carbocycles. The summed E-state index contributed by atoms with van der Waals surface area (Å²) in [5, 5.41) is 5.66. The minimum absolute atomic E-state index is 0.0167. The fourth-order valence-electron chi connectivity index (χ4n) is 2.63. The largest absolute Gasteiger partial charge is 0.332 e. The van der Waals surface area contributed by atoms with Crippen molar-refractivity contribution in [3.05, 3.63) is 64.7 Å². The van der Waals surface area contributed by atoms with Crippen LogP contribution in [0.25, 0.3) is 0 Å². The number of amides is 1. The average Bonchev–Trinajstić information content (AvgIpc) is 2.52. The van der Waals surface area contributed by atoms with Gasteiger partial charge >= 0.3 is 0 Å². The molecular weight excluding hydrogens is 308 g/mol. The van der Waals surface area contributed by atoms with E-state index in [1.165, 1.54) is 5.56 Å². The topological polar surface area (TPSA) is 45.7 Å². The molecule has 0 aliphatic heterocycles. The number of nitrogens with one attached hydrogen (secondary N) is 1. The third-order valence-corrected chi connectivity index (χ3v) is 4.17. The third-order valence-electron chi connectivity index (χ3n) is 3.93. The van der Waals surface area contributed by atoms with Crippen molar-refractivity contribution in [3.63, 3.8) is 0 Å². The van der Waals surface area contributed by atoms with Gasteiger partial charge in [0.25, 0.3) is 5.91 Å². The minimum atomic E-state index is -0.0167. The SMILES string of the molecule is Cc1ccc(Cl)cc1NC(=O)C[NH2+][C@H](c1ccccc1)C(C)C. The number of aryl methyl sites for hydroxylation is 1. The number of benzene rings is 2. The summed E-state index contributed by atoms with van der Waals surface area (Å²) < 4.78 is 0. The summed E-state index contributed by atoms with van der Waals surface area (Å²) in [5.41, 5.74) is 3.03. The predicted octanol–water partition coefficient (Wildman–Crippen LogP) is 3.55. The van der Waals surface area contributed by atoms with Gasteiger partial charge in [-0.05, 0) is 24.6 Å². The Hall–Kier alpha value is -1.84. The summed E-state index contributed by atoms with van der Waals surface area (Å²) in [6, 6.07) is 16.1. The number of quaternary nitrogens is 1. The van der Waals surface area contributed by atoms with E-state index < -0.39 is 0 Å². The first kappa shape index (κ1) is 17.5. The molecular formula is C19H24ClN2O+. The normalized spacial score (nSPS) is 12.2. The molecule has 1 amide bonds. The number of anilines is 1. The molecule has 1 atom stereocenters. The molecule has 122 valence electrons. The van der Waals surface area contributed by atoms with E-state index in [0.717, 1.165) is 11.3 Å². The lowest BCUT2D eigenvalue weighted by molar-refractivity contribution is -0.692. The van der Waals surface area contributed by atoms with Crippen LogP contribution in [0.3, 0.4) is 0 Å². The van der Waals surface area contributed by atoms with Crippen molar-refractivity contribution in [2.45, 2.75) is 26.8 Å². The van der Waals surface area contributed by atoms with E-state index in [1.54, 1.807) is 6.07 Å². The maximum atomic E-state index is 12.2. The number of carbonyl (C=O) groups is 1. The maximum absolute atomic E-state index is 12.2. The van der Waals surface area contributed by atoms with Crippen molar-refractivity contribution in [3.8, 4) is 0 Å². The first-order chi connectivity index (χ1) is 11.0. The van der Waals surface area contributed by atoms with Gasteiger partial charge in [-0.3, -0.25) is 4.79 Å². The minimum Gasteiger partial charge on any atom is -0.332 e. The van der Waals surface area contributed by atoms with Crippen molar-refractivity contribution < 1.29 is 10.1 Å². The summed E-state index contributed by atoms with van der Waals surface area (Å²) in [6.07, 6.45) is 0. The Balaban J connectivity index is 1.98. The lowest BCUT2D eigenvalue weighted by Crippen LogP contribution is -2.88. The molecule has 0 spiro atoms. The Kier molecular flexibility index (Phi) is 6.20. The predicted molar refractivity (Wildman–Crippen MR) is 95.6 cm³/mol. The molecule has 3 N–H and O–H groups in total. The third kappa shape index (κ3) is 5.08. The second kappa shape index (κ2) is 8.14. The summed E-state index contributed by atoms with van der Waals surface area (Å²) in [4.78, 5) is 12.2. The zero-order valence-corrected chi connectivity index (χ0v) is 14.6. The zero-order valence-electron chi connectivity index (χ0n) is 13.8. The first-order valence-corrected chi connectivity index (χ1v) is 8.29. The molecule has 0 fully saturated rings. The van der Waals surface area contributed by atoms with Gasteiger partial charge in [-0.25, -0.2) is 0 Å². The highest BCUT2D eigenvalue weighted by atomic mass is 35.5. The van der Waals surface area contributed by atoms with Crippen LogP contribution in [-0.4, -0.2) is 12.5 Å². The molecule has 2 aromatic rings. The van der Waals surface area contributed by atoms with Gasteiger partial charge in [-0.1, -0.05) is 61.8 Å². The fourth-order valence-corrected chi connectivity index (χ4v) is 2.80. The van der Waals surface area contributed by atoms with E-state index in [-0.39, 0.29) is 11.9 Å². The highest BCUT2D eigenvalue weighted by Crippen LogP contribution is 2.20. The van der Waals surface area contributed by atoms with Gasteiger partial charge in [0.05, 0.1) is 0 Å². The number of nitrogens with two attached hydrogens (primary N) is 1. The van der Waals surface area contributed by atoms with Gasteiger partial charge < -0.3 is 10.6 Å². The van der Waals surface area contributed by atoms with Gasteiger partial charge in [0.1, 0.15) is 6.04 Å². The zero-order chi connectivity index (χ0) is 16.8. The molecule has 0 radical (unpaired) electrons. The number of rotatable bonds is 6. The van der Waals surface area contributed by atoms with Gasteiger partial charge in [0.2, 0.25) is 0 Å². The van der Waals surface area contributed by atoms with Gasteiger partial charge in [0, 0.05) is 22.2 Å². The second-order valence-electron chi connectivity index (χ2n) is 6.13. The van der Waals surface area contributed by atoms with Crippen LogP contribution in [0.2, 0.25) is 5.02 Å². The maximum Gasteiger partial charge on any atom is 0.279 e. The molecule has 0 bridgehead atoms. The number of carbonyl (C=O) groups excluding carboxylic acids is 1. The van der Waals surface area contributed by atoms with Crippen molar-refractivity contribution in [2.24, 2.45) is 5.92 Å². The van der Waals surface area contributed by atoms with Crippen LogP contribution in [0, 0.1) is 12.8 Å². The van der Waals surface area contributed by atoms with Crippen LogP contribution in [0.15, 0.2) is 48.5 Å². The van der Waals surface area contributed by atoms with Crippen LogP contribution >= 0.6 is 11.6 Å². The van der Waals surface area contributed by atoms with Crippen molar-refractivity contribution in [1.29, 1.82) is 0 Å². The van der Waals surface area contributed by atoms with E-state index in [4.69, 9.17) is 11.6 Å². The lowest BCUT2D eigenvalue weighted by Gasteiger charge is -2.19. The Morgan fingerprint density at radius 1 is 1.17 bits per heavy atom. The van der Waals surface area contributed by atoms with E-state index in [2.05, 4.69) is 36.6 Å². The first-order valence-electron chi connectivity index (χ1n) is 7.91. The molecule has 0 saturated heterocycles. The molecule has 4 heteroatoms. The molecule has 0 unspecified atom stereocenters. The summed E-state index contributed by atoms with van der Waals surface area (Å²) >= 11 is 5.99. The Morgan fingerprint density at radius 3 is 2.52 bits per heavy atom. The van der Waals surface area contributed by atoms with E-state index >= 15 is 0 Å². The molecule has 2 rings (SSSR count). The fraction of sp³-hybridized carbons (Fsp3) is 0.316. The van der Waals surface area contributed by atoms with Crippen LogP contribution < -0.4 is 10.6 Å². The number of hydrogen-bond donors (Lipinski definition) is 2. The molecule has 3 nitrogen and oxygen atoms in total. The average molecular weight is 332 g/mol. The highest BCUT2D eigenvalue weighted by Gasteiger charge is 2.20. The highest BCUT2D eigenvalue weighted by molar-refractivity contribution is 6.31.